The van der Waals surface area contributed by atoms with E-state index in [0.29, 0.717) is 6.42 Å². The molecular weight excluding hydrogens is 274 g/mol. The number of rotatable bonds is 5. The maximum absolute atomic E-state index is 12.5. The van der Waals surface area contributed by atoms with Gasteiger partial charge in [0.2, 0.25) is 0 Å². The Kier molecular flexibility index (Phi) is 5.79. The first-order valence-electron chi connectivity index (χ1n) is 7.33. The van der Waals surface area contributed by atoms with E-state index in [0.717, 1.165) is 37.2 Å². The first-order valence-corrected chi connectivity index (χ1v) is 8.21. The van der Waals surface area contributed by atoms with E-state index in [9.17, 15) is 4.79 Å². The molecule has 1 aromatic rings. The largest absolute Gasteiger partial charge is 0.396 e. The van der Waals surface area contributed by atoms with Crippen LogP contribution in [-0.2, 0) is 0 Å². The number of hydrogen-bond acceptors (Lipinski definition) is 4. The average Bonchev–Trinajstić information content (AvgIpc) is 2.99. The van der Waals surface area contributed by atoms with Crippen LogP contribution in [0.1, 0.15) is 50.1 Å². The van der Waals surface area contributed by atoms with Crippen LogP contribution in [0.5, 0.6) is 0 Å². The molecule has 2 atom stereocenters. The van der Waals surface area contributed by atoms with Crippen molar-refractivity contribution in [2.45, 2.75) is 51.1 Å². The second kappa shape index (κ2) is 7.59. The lowest BCUT2D eigenvalue weighted by Gasteiger charge is -2.36. The van der Waals surface area contributed by atoms with Crippen LogP contribution in [0.15, 0.2) is 11.6 Å². The Balaban J connectivity index is 1.98. The lowest BCUT2D eigenvalue weighted by Crippen LogP contribution is -2.49. The molecule has 0 radical (unpaired) electrons. The van der Waals surface area contributed by atoms with Gasteiger partial charge in [-0.1, -0.05) is 6.92 Å². The number of nitrogens with one attached hydrogen (secondary N) is 1. The third kappa shape index (κ3) is 3.70. The van der Waals surface area contributed by atoms with Crippen molar-refractivity contribution < 1.29 is 9.90 Å². The van der Waals surface area contributed by atoms with E-state index < -0.39 is 0 Å². The van der Waals surface area contributed by atoms with Gasteiger partial charge >= 0.3 is 6.03 Å². The van der Waals surface area contributed by atoms with Crippen molar-refractivity contribution in [2.75, 3.05) is 13.2 Å². The minimum absolute atomic E-state index is 0.0146. The highest BCUT2D eigenvalue weighted by molar-refractivity contribution is 7.09. The van der Waals surface area contributed by atoms with E-state index in [1.165, 1.54) is 0 Å². The Hall–Kier alpha value is -1.14. The summed E-state index contributed by atoms with van der Waals surface area (Å²) in [6, 6.07) is 0.131. The summed E-state index contributed by atoms with van der Waals surface area (Å²) in [4.78, 5) is 18.6. The molecule has 2 N–H and O–H groups in total. The van der Waals surface area contributed by atoms with Gasteiger partial charge in [0.05, 0.1) is 6.04 Å². The van der Waals surface area contributed by atoms with E-state index in [1.54, 1.807) is 17.5 Å². The SMILES string of the molecule is CCC(NC(=O)N1CCCCC1CCO)c1nccs1. The highest BCUT2D eigenvalue weighted by Crippen LogP contribution is 2.22. The molecule has 0 spiro atoms. The summed E-state index contributed by atoms with van der Waals surface area (Å²) < 4.78 is 0. The quantitative estimate of drug-likeness (QED) is 0.877. The fourth-order valence-corrected chi connectivity index (χ4v) is 3.47. The Morgan fingerprint density at radius 2 is 2.50 bits per heavy atom. The standard InChI is InChI=1S/C14H23N3O2S/c1-2-12(13-15-7-10-20-13)16-14(19)17-8-4-3-5-11(17)6-9-18/h7,10-12,18H,2-6,8-9H2,1H3,(H,16,19). The maximum Gasteiger partial charge on any atom is 0.318 e. The van der Waals surface area contributed by atoms with Gasteiger partial charge in [0, 0.05) is 30.8 Å². The second-order valence-electron chi connectivity index (χ2n) is 5.14. The number of thiazole rings is 1. The molecule has 1 aliphatic rings. The van der Waals surface area contributed by atoms with Gasteiger partial charge in [0.1, 0.15) is 5.01 Å². The second-order valence-corrected chi connectivity index (χ2v) is 6.06. The van der Waals surface area contributed by atoms with Crippen molar-refractivity contribution in [3.05, 3.63) is 16.6 Å². The number of aliphatic hydroxyl groups excluding tert-OH is 1. The Morgan fingerprint density at radius 3 is 3.15 bits per heavy atom. The lowest BCUT2D eigenvalue weighted by atomic mass is 10.00. The molecule has 6 heteroatoms. The van der Waals surface area contributed by atoms with Crippen molar-refractivity contribution in [2.24, 2.45) is 0 Å². The number of piperidine rings is 1. The monoisotopic (exact) mass is 297 g/mol. The van der Waals surface area contributed by atoms with Crippen LogP contribution < -0.4 is 5.32 Å². The number of urea groups is 1. The van der Waals surface area contributed by atoms with Gasteiger partial charge in [-0.25, -0.2) is 9.78 Å². The summed E-state index contributed by atoms with van der Waals surface area (Å²) in [5.41, 5.74) is 0. The van der Waals surface area contributed by atoms with Crippen molar-refractivity contribution in [3.8, 4) is 0 Å². The van der Waals surface area contributed by atoms with Crippen LogP contribution in [0, 0.1) is 0 Å². The number of aromatic nitrogens is 1. The zero-order chi connectivity index (χ0) is 14.4. The van der Waals surface area contributed by atoms with Crippen molar-refractivity contribution >= 4 is 17.4 Å². The van der Waals surface area contributed by atoms with E-state index in [2.05, 4.69) is 10.3 Å². The van der Waals surface area contributed by atoms with Gasteiger partial charge in [-0.2, -0.15) is 0 Å². The molecule has 2 rings (SSSR count). The highest BCUT2D eigenvalue weighted by Gasteiger charge is 2.27. The summed E-state index contributed by atoms with van der Waals surface area (Å²) in [7, 11) is 0. The summed E-state index contributed by atoms with van der Waals surface area (Å²) >= 11 is 1.57. The van der Waals surface area contributed by atoms with Crippen molar-refractivity contribution in [1.29, 1.82) is 0 Å². The molecular formula is C14H23N3O2S. The molecule has 0 aromatic carbocycles. The van der Waals surface area contributed by atoms with Gasteiger partial charge in [0.15, 0.2) is 0 Å². The zero-order valence-corrected chi connectivity index (χ0v) is 12.7. The number of carbonyl (C=O) groups excluding carboxylic acids is 1. The van der Waals surface area contributed by atoms with Gasteiger partial charge in [-0.3, -0.25) is 0 Å². The van der Waals surface area contributed by atoms with Crippen LogP contribution in [0.2, 0.25) is 0 Å². The molecule has 20 heavy (non-hydrogen) atoms. The molecule has 1 saturated heterocycles. The van der Waals surface area contributed by atoms with E-state index >= 15 is 0 Å². The molecule has 1 aliphatic heterocycles. The minimum atomic E-state index is -0.0230. The molecule has 5 nitrogen and oxygen atoms in total. The van der Waals surface area contributed by atoms with Gasteiger partial charge < -0.3 is 15.3 Å². The molecule has 2 amide bonds. The molecule has 1 fully saturated rings. The minimum Gasteiger partial charge on any atom is -0.396 e. The molecule has 0 aliphatic carbocycles. The predicted molar refractivity (Wildman–Crippen MR) is 79.7 cm³/mol. The Morgan fingerprint density at radius 1 is 1.65 bits per heavy atom. The Labute approximate surface area is 124 Å². The first kappa shape index (κ1) is 15.3. The number of carbonyl (C=O) groups is 1. The number of aliphatic hydroxyl groups is 1. The molecule has 112 valence electrons. The third-order valence-corrected chi connectivity index (χ3v) is 4.70. The van der Waals surface area contributed by atoms with Crippen LogP contribution in [0.4, 0.5) is 4.79 Å². The molecule has 0 saturated carbocycles. The number of likely N-dealkylation sites (tertiary alicyclic amines) is 1. The first-order chi connectivity index (χ1) is 9.76. The normalized spacial score (nSPS) is 20.7. The van der Waals surface area contributed by atoms with E-state index in [1.807, 2.05) is 17.2 Å². The molecule has 0 bridgehead atoms. The Bertz CT molecular complexity index is 409. The van der Waals surface area contributed by atoms with Gasteiger partial charge in [0.25, 0.3) is 0 Å². The van der Waals surface area contributed by atoms with Crippen LogP contribution in [0.25, 0.3) is 0 Å². The summed E-state index contributed by atoms with van der Waals surface area (Å²) in [5.74, 6) is 0. The molecule has 1 aromatic heterocycles. The maximum atomic E-state index is 12.5. The van der Waals surface area contributed by atoms with E-state index in [4.69, 9.17) is 5.11 Å². The fraction of sp³-hybridized carbons (Fsp3) is 0.714. The number of hydrogen-bond donors (Lipinski definition) is 2. The highest BCUT2D eigenvalue weighted by atomic mass is 32.1. The molecule has 2 heterocycles. The summed E-state index contributed by atoms with van der Waals surface area (Å²) in [6.07, 6.45) is 6.44. The smallest absolute Gasteiger partial charge is 0.318 e. The number of nitrogens with zero attached hydrogens (tertiary/aromatic N) is 2. The summed E-state index contributed by atoms with van der Waals surface area (Å²) in [6.45, 7) is 2.97. The predicted octanol–water partition coefficient (Wildman–Crippen LogP) is 2.54. The average molecular weight is 297 g/mol. The van der Waals surface area contributed by atoms with Crippen LogP contribution >= 0.6 is 11.3 Å². The lowest BCUT2D eigenvalue weighted by molar-refractivity contribution is 0.129. The fourth-order valence-electron chi connectivity index (χ4n) is 2.69. The number of amides is 2. The summed E-state index contributed by atoms with van der Waals surface area (Å²) in [5, 5.41) is 15.1. The molecule has 2 unspecified atom stereocenters. The van der Waals surface area contributed by atoms with Gasteiger partial charge in [-0.15, -0.1) is 11.3 Å². The van der Waals surface area contributed by atoms with E-state index in [-0.39, 0.29) is 24.7 Å². The van der Waals surface area contributed by atoms with Crippen molar-refractivity contribution in [3.63, 3.8) is 0 Å². The topological polar surface area (TPSA) is 65.5 Å². The van der Waals surface area contributed by atoms with Crippen LogP contribution in [0.3, 0.4) is 0 Å². The zero-order valence-electron chi connectivity index (χ0n) is 11.9. The third-order valence-electron chi connectivity index (χ3n) is 3.81. The van der Waals surface area contributed by atoms with Gasteiger partial charge in [-0.05, 0) is 32.1 Å². The van der Waals surface area contributed by atoms with Crippen molar-refractivity contribution in [1.82, 2.24) is 15.2 Å². The van der Waals surface area contributed by atoms with Crippen LogP contribution in [-0.4, -0.2) is 40.2 Å².